The van der Waals surface area contributed by atoms with Crippen LogP contribution < -0.4 is 11.0 Å². The Morgan fingerprint density at radius 3 is 2.62 bits per heavy atom. The highest BCUT2D eigenvalue weighted by Gasteiger charge is 2.23. The van der Waals surface area contributed by atoms with Gasteiger partial charge in [-0.2, -0.15) is 5.10 Å². The van der Waals surface area contributed by atoms with Gasteiger partial charge in [-0.05, 0) is 91.8 Å². The van der Waals surface area contributed by atoms with Crippen molar-refractivity contribution in [3.63, 3.8) is 0 Å². The summed E-state index contributed by atoms with van der Waals surface area (Å²) in [5.74, 6) is -0.0697. The number of thioether (sulfide) groups is 1. The van der Waals surface area contributed by atoms with Crippen LogP contribution in [0.1, 0.15) is 42.2 Å². The Morgan fingerprint density at radius 1 is 1.16 bits per heavy atom. The number of aryl methyl sites for hydroxylation is 2. The van der Waals surface area contributed by atoms with Crippen molar-refractivity contribution in [3.05, 3.63) is 79.4 Å². The largest absolute Gasteiger partial charge is 0.508 e. The second-order valence-electron chi connectivity index (χ2n) is 8.68. The lowest BCUT2D eigenvalue weighted by atomic mass is 9.97. The van der Waals surface area contributed by atoms with Gasteiger partial charge in [0.1, 0.15) is 10.6 Å². The molecule has 2 aromatic carbocycles. The lowest BCUT2D eigenvalue weighted by Gasteiger charge is -2.13. The van der Waals surface area contributed by atoms with E-state index in [9.17, 15) is 14.7 Å². The fraction of sp³-hybridized carbons (Fsp3) is 0.259. The number of amides is 1. The van der Waals surface area contributed by atoms with Gasteiger partial charge in [0.25, 0.3) is 11.5 Å². The molecule has 0 saturated carbocycles. The first-order valence-electron chi connectivity index (χ1n) is 12.1. The van der Waals surface area contributed by atoms with E-state index in [0.29, 0.717) is 28.4 Å². The lowest BCUT2D eigenvalue weighted by Crippen LogP contribution is -2.25. The summed E-state index contributed by atoms with van der Waals surface area (Å²) in [5, 5.41) is 15.0. The maximum absolute atomic E-state index is 13.8. The number of rotatable bonds is 7. The molecule has 2 N–H and O–H groups in total. The maximum atomic E-state index is 13.8. The Kier molecular flexibility index (Phi) is 7.78. The number of hydrazone groups is 1. The molecule has 0 atom stereocenters. The van der Waals surface area contributed by atoms with E-state index < -0.39 is 0 Å². The fourth-order valence-corrected chi connectivity index (χ4v) is 6.77. The van der Waals surface area contributed by atoms with Crippen LogP contribution in [0.25, 0.3) is 15.9 Å². The van der Waals surface area contributed by atoms with E-state index in [1.165, 1.54) is 16.6 Å². The first kappa shape index (κ1) is 25.7. The summed E-state index contributed by atoms with van der Waals surface area (Å²) >= 11 is 6.28. The summed E-state index contributed by atoms with van der Waals surface area (Å²) in [6.45, 7) is 1.95. The number of nitrogens with one attached hydrogen (secondary N) is 1. The number of benzene rings is 2. The van der Waals surface area contributed by atoms with Crippen LogP contribution in [-0.4, -0.2) is 32.0 Å². The predicted molar refractivity (Wildman–Crippen MR) is 153 cm³/mol. The predicted octanol–water partition coefficient (Wildman–Crippen LogP) is 5.82. The number of halogens is 1. The van der Waals surface area contributed by atoms with Gasteiger partial charge in [0.2, 0.25) is 0 Å². The van der Waals surface area contributed by atoms with E-state index in [-0.39, 0.29) is 23.0 Å². The molecule has 7 nitrogen and oxygen atoms in total. The molecule has 4 aromatic rings. The zero-order chi connectivity index (χ0) is 25.9. The van der Waals surface area contributed by atoms with Gasteiger partial charge in [-0.1, -0.05) is 34.6 Å². The van der Waals surface area contributed by atoms with Crippen LogP contribution in [0.5, 0.6) is 5.75 Å². The van der Waals surface area contributed by atoms with E-state index in [1.807, 2.05) is 31.2 Å². The molecule has 0 saturated heterocycles. The van der Waals surface area contributed by atoms with Crippen LogP contribution >= 0.6 is 39.0 Å². The molecule has 0 bridgehead atoms. The molecule has 0 fully saturated rings. The Bertz CT molecular complexity index is 1540. The highest BCUT2D eigenvalue weighted by atomic mass is 79.9. The molecule has 2 aromatic heterocycles. The Balaban J connectivity index is 1.44. The number of nitrogens with zero attached hydrogens (tertiary/aromatic N) is 3. The molecule has 5 rings (SSSR count). The van der Waals surface area contributed by atoms with E-state index in [1.54, 1.807) is 40.2 Å². The molecule has 1 amide bonds. The molecular weight excluding hydrogens is 572 g/mol. The molecule has 10 heteroatoms. The smallest absolute Gasteiger partial charge is 0.267 e. The SMILES string of the molecule is CC/C(=N\NC(=O)CSc1nc2sc3c(c2c(=O)n1-c1ccc(Br)cc1)CCCC3)c1ccc(O)cc1. The number of aromatic hydroxyl groups is 1. The van der Waals surface area contributed by atoms with Crippen molar-refractivity contribution in [2.24, 2.45) is 5.10 Å². The number of carbonyl (C=O) groups excluding carboxylic acids is 1. The topological polar surface area (TPSA) is 96.6 Å². The molecule has 0 aliphatic heterocycles. The van der Waals surface area contributed by atoms with Gasteiger partial charge in [-0.25, -0.2) is 10.4 Å². The molecule has 1 aliphatic rings. The van der Waals surface area contributed by atoms with Crippen LogP contribution in [-0.2, 0) is 17.6 Å². The van der Waals surface area contributed by atoms with Crippen molar-refractivity contribution < 1.29 is 9.90 Å². The molecule has 0 unspecified atom stereocenters. The van der Waals surface area contributed by atoms with Crippen LogP contribution in [0.4, 0.5) is 0 Å². The molecule has 2 heterocycles. The minimum Gasteiger partial charge on any atom is -0.508 e. The van der Waals surface area contributed by atoms with E-state index in [4.69, 9.17) is 4.98 Å². The molecule has 0 spiro atoms. The van der Waals surface area contributed by atoms with Crippen molar-refractivity contribution in [2.75, 3.05) is 5.75 Å². The van der Waals surface area contributed by atoms with Gasteiger partial charge in [0.15, 0.2) is 5.16 Å². The minimum atomic E-state index is -0.295. The molecular formula is C27H25BrN4O3S2. The van der Waals surface area contributed by atoms with Gasteiger partial charge >= 0.3 is 0 Å². The number of phenols is 1. The third-order valence-corrected chi connectivity index (χ3v) is 8.88. The second-order valence-corrected chi connectivity index (χ2v) is 11.6. The number of aromatic nitrogens is 2. The van der Waals surface area contributed by atoms with Crippen molar-refractivity contribution in [1.82, 2.24) is 15.0 Å². The summed E-state index contributed by atoms with van der Waals surface area (Å²) in [7, 11) is 0. The zero-order valence-corrected chi connectivity index (χ0v) is 23.4. The van der Waals surface area contributed by atoms with Crippen molar-refractivity contribution in [1.29, 1.82) is 0 Å². The standard InChI is InChI=1S/C27H25BrN4O3S2/c1-2-21(16-7-13-19(33)14-8-16)30-31-23(34)15-36-27-29-25-24(20-5-3-4-6-22(20)37-25)26(35)32(27)18-11-9-17(28)10-12-18/h7-14,33H,2-6,15H2,1H3,(H,31,34)/b30-21+. The van der Waals surface area contributed by atoms with Crippen LogP contribution in [0.2, 0.25) is 0 Å². The summed E-state index contributed by atoms with van der Waals surface area (Å²) in [6, 6.07) is 14.2. The quantitative estimate of drug-likeness (QED) is 0.121. The summed E-state index contributed by atoms with van der Waals surface area (Å²) < 4.78 is 2.53. The van der Waals surface area contributed by atoms with Gasteiger partial charge in [0.05, 0.1) is 22.5 Å². The summed E-state index contributed by atoms with van der Waals surface area (Å²) in [6.07, 6.45) is 4.71. The number of phenolic OH excluding ortho intramolecular Hbond substituents is 1. The highest BCUT2D eigenvalue weighted by Crippen LogP contribution is 2.35. The van der Waals surface area contributed by atoms with Gasteiger partial charge < -0.3 is 5.11 Å². The monoisotopic (exact) mass is 596 g/mol. The van der Waals surface area contributed by atoms with Crippen molar-refractivity contribution in [2.45, 2.75) is 44.2 Å². The molecule has 0 radical (unpaired) electrons. The van der Waals surface area contributed by atoms with Gasteiger partial charge in [0, 0.05) is 9.35 Å². The number of carbonyl (C=O) groups is 1. The third kappa shape index (κ3) is 5.51. The van der Waals surface area contributed by atoms with E-state index in [0.717, 1.165) is 46.1 Å². The average Bonchev–Trinajstić information content (AvgIpc) is 3.28. The minimum absolute atomic E-state index is 0.0512. The summed E-state index contributed by atoms with van der Waals surface area (Å²) in [5.41, 5.74) is 5.91. The average molecular weight is 598 g/mol. The van der Waals surface area contributed by atoms with E-state index >= 15 is 0 Å². The van der Waals surface area contributed by atoms with Crippen LogP contribution in [0.15, 0.2) is 68.1 Å². The third-order valence-electron chi connectivity index (χ3n) is 6.23. The lowest BCUT2D eigenvalue weighted by molar-refractivity contribution is -0.118. The van der Waals surface area contributed by atoms with E-state index in [2.05, 4.69) is 26.5 Å². The Labute approximate surface area is 230 Å². The Morgan fingerprint density at radius 2 is 1.89 bits per heavy atom. The molecule has 37 heavy (non-hydrogen) atoms. The van der Waals surface area contributed by atoms with Gasteiger partial charge in [-0.3, -0.25) is 14.2 Å². The number of thiophene rings is 1. The highest BCUT2D eigenvalue weighted by molar-refractivity contribution is 9.10. The van der Waals surface area contributed by atoms with Crippen LogP contribution in [0.3, 0.4) is 0 Å². The van der Waals surface area contributed by atoms with Crippen molar-refractivity contribution >= 4 is 60.9 Å². The first-order chi connectivity index (χ1) is 17.9. The van der Waals surface area contributed by atoms with Gasteiger partial charge in [-0.15, -0.1) is 11.3 Å². The second kappa shape index (κ2) is 11.2. The fourth-order valence-electron chi connectivity index (χ4n) is 4.39. The Hall–Kier alpha value is -2.95. The first-order valence-corrected chi connectivity index (χ1v) is 14.6. The molecule has 1 aliphatic carbocycles. The maximum Gasteiger partial charge on any atom is 0.267 e. The number of hydrogen-bond donors (Lipinski definition) is 2. The summed E-state index contributed by atoms with van der Waals surface area (Å²) in [4.78, 5) is 33.4. The van der Waals surface area contributed by atoms with Crippen molar-refractivity contribution in [3.8, 4) is 11.4 Å². The van der Waals surface area contributed by atoms with Crippen LogP contribution in [0, 0.1) is 0 Å². The normalized spacial score (nSPS) is 13.5. The molecule has 190 valence electrons. The number of hydrogen-bond acceptors (Lipinski definition) is 7. The zero-order valence-electron chi connectivity index (χ0n) is 20.2. The number of fused-ring (bicyclic) bond motifs is 3.